The number of ether oxygens (including phenoxy) is 3. The van der Waals surface area contributed by atoms with Gasteiger partial charge in [-0.25, -0.2) is 13.8 Å². The quantitative estimate of drug-likeness (QED) is 0.289. The number of fused-ring (bicyclic) bond motifs is 1. The number of hydrogen-bond acceptors (Lipinski definition) is 6. The van der Waals surface area contributed by atoms with Crippen LogP contribution in [0.1, 0.15) is 5.56 Å². The lowest BCUT2D eigenvalue weighted by molar-refractivity contribution is 0.355. The first kappa shape index (κ1) is 23.9. The van der Waals surface area contributed by atoms with Crippen molar-refractivity contribution in [2.75, 3.05) is 14.2 Å². The van der Waals surface area contributed by atoms with Crippen molar-refractivity contribution < 1.29 is 23.0 Å². The van der Waals surface area contributed by atoms with Crippen molar-refractivity contribution >= 4 is 10.9 Å². The van der Waals surface area contributed by atoms with Crippen molar-refractivity contribution in [2.24, 2.45) is 0 Å². The van der Waals surface area contributed by atoms with E-state index in [-0.39, 0.29) is 17.9 Å². The molecule has 0 aliphatic rings. The van der Waals surface area contributed by atoms with Crippen molar-refractivity contribution in [1.29, 1.82) is 0 Å². The molecule has 7 nitrogen and oxygen atoms in total. The topological polar surface area (TPSA) is 75.5 Å². The van der Waals surface area contributed by atoms with Crippen molar-refractivity contribution in [3.05, 3.63) is 107 Å². The van der Waals surface area contributed by atoms with Gasteiger partial charge < -0.3 is 14.2 Å². The van der Waals surface area contributed by atoms with Crippen LogP contribution in [0.3, 0.4) is 0 Å². The van der Waals surface area contributed by atoms with Gasteiger partial charge in [-0.15, -0.1) is 0 Å². The summed E-state index contributed by atoms with van der Waals surface area (Å²) in [6.07, 6.45) is 4.22. The predicted octanol–water partition coefficient (Wildman–Crippen LogP) is 5.59. The maximum Gasteiger partial charge on any atom is 0.261 e. The maximum absolute atomic E-state index is 15.2. The molecule has 0 saturated carbocycles. The summed E-state index contributed by atoms with van der Waals surface area (Å²) < 4.78 is 47.1. The molecule has 0 unspecified atom stereocenters. The maximum atomic E-state index is 15.2. The van der Waals surface area contributed by atoms with E-state index in [1.54, 1.807) is 48.7 Å². The molecule has 9 heteroatoms. The first-order valence-electron chi connectivity index (χ1n) is 11.2. The Morgan fingerprint density at radius 3 is 2.41 bits per heavy atom. The van der Waals surface area contributed by atoms with Gasteiger partial charge in [0.2, 0.25) is 0 Å². The molecule has 0 bridgehead atoms. The summed E-state index contributed by atoms with van der Waals surface area (Å²) in [7, 11) is 3.04. The number of pyridine rings is 1. The van der Waals surface area contributed by atoms with E-state index in [1.807, 2.05) is 0 Å². The smallest absolute Gasteiger partial charge is 0.261 e. The number of benzene rings is 3. The number of hydrogen-bond donors (Lipinski definition) is 0. The fourth-order valence-corrected chi connectivity index (χ4v) is 3.98. The van der Waals surface area contributed by atoms with Crippen LogP contribution in [-0.4, -0.2) is 28.8 Å². The summed E-state index contributed by atoms with van der Waals surface area (Å²) in [4.78, 5) is 21.5. The van der Waals surface area contributed by atoms with Crippen molar-refractivity contribution in [1.82, 2.24) is 14.5 Å². The van der Waals surface area contributed by atoms with E-state index in [0.717, 1.165) is 0 Å². The Labute approximate surface area is 210 Å². The molecule has 0 aliphatic heterocycles. The molecule has 2 heterocycles. The number of nitrogens with zero attached hydrogens (tertiary/aromatic N) is 3. The number of methoxy groups -OCH3 is 2. The highest BCUT2D eigenvalue weighted by molar-refractivity contribution is 5.88. The standard InChI is InChI=1S/C28H21F2N3O4/c1-35-26-12-19-23(13-27(26)36-2)32-10-9-24(19)37-25-8-7-17(11-22(25)30)20-14-31-16-33(28(20)34)15-18-5-3-4-6-21(18)29/h3-14,16H,15H2,1-2H3. The first-order chi connectivity index (χ1) is 18.0. The van der Waals surface area contributed by atoms with E-state index in [0.29, 0.717) is 39.3 Å². The Hall–Kier alpha value is -4.79. The lowest BCUT2D eigenvalue weighted by Gasteiger charge is -2.13. The van der Waals surface area contributed by atoms with Crippen LogP contribution in [0.25, 0.3) is 22.0 Å². The van der Waals surface area contributed by atoms with Crippen LogP contribution >= 0.6 is 0 Å². The van der Waals surface area contributed by atoms with Crippen LogP contribution < -0.4 is 19.8 Å². The van der Waals surface area contributed by atoms with Crippen molar-refractivity contribution in [3.63, 3.8) is 0 Å². The van der Waals surface area contributed by atoms with E-state index in [9.17, 15) is 9.18 Å². The molecular formula is C28H21F2N3O4. The highest BCUT2D eigenvalue weighted by Crippen LogP contribution is 2.37. The Balaban J connectivity index is 1.46. The van der Waals surface area contributed by atoms with E-state index in [1.165, 1.54) is 49.5 Å². The average molecular weight is 501 g/mol. The Morgan fingerprint density at radius 2 is 1.65 bits per heavy atom. The largest absolute Gasteiger partial charge is 0.493 e. The molecule has 0 atom stereocenters. The molecule has 186 valence electrons. The Bertz CT molecular complexity index is 1670. The van der Waals surface area contributed by atoms with Gasteiger partial charge in [0.05, 0.1) is 38.2 Å². The molecule has 3 aromatic carbocycles. The molecular weight excluding hydrogens is 480 g/mol. The van der Waals surface area contributed by atoms with Gasteiger partial charge in [0.15, 0.2) is 23.1 Å². The minimum absolute atomic E-state index is 0.000607. The molecule has 2 aromatic heterocycles. The highest BCUT2D eigenvalue weighted by Gasteiger charge is 2.15. The molecule has 0 fully saturated rings. The second-order valence-corrected chi connectivity index (χ2v) is 8.11. The number of rotatable bonds is 7. The molecule has 0 amide bonds. The summed E-state index contributed by atoms with van der Waals surface area (Å²) in [5, 5.41) is 0.604. The monoisotopic (exact) mass is 501 g/mol. The fraction of sp³-hybridized carbons (Fsp3) is 0.107. The van der Waals surface area contributed by atoms with E-state index >= 15 is 4.39 Å². The van der Waals surface area contributed by atoms with Gasteiger partial charge in [-0.1, -0.05) is 24.3 Å². The molecule has 0 radical (unpaired) electrons. The molecule has 0 spiro atoms. The van der Waals surface area contributed by atoms with E-state index in [4.69, 9.17) is 14.2 Å². The van der Waals surface area contributed by atoms with E-state index < -0.39 is 17.2 Å². The summed E-state index contributed by atoms with van der Waals surface area (Å²) in [5.74, 6) is 0.214. The minimum Gasteiger partial charge on any atom is -0.493 e. The first-order valence-corrected chi connectivity index (χ1v) is 11.2. The summed E-state index contributed by atoms with van der Waals surface area (Å²) in [6.45, 7) is -0.000607. The zero-order chi connectivity index (χ0) is 25.9. The molecule has 37 heavy (non-hydrogen) atoms. The normalized spacial score (nSPS) is 10.9. The minimum atomic E-state index is -0.674. The van der Waals surface area contributed by atoms with Gasteiger partial charge in [0, 0.05) is 29.4 Å². The van der Waals surface area contributed by atoms with E-state index in [2.05, 4.69) is 9.97 Å². The highest BCUT2D eigenvalue weighted by atomic mass is 19.1. The van der Waals surface area contributed by atoms with Crippen LogP contribution in [0.5, 0.6) is 23.0 Å². The zero-order valence-corrected chi connectivity index (χ0v) is 19.9. The SMILES string of the molecule is COc1cc2nccc(Oc3ccc(-c4cncn(Cc5ccccc5F)c4=O)cc3F)c2cc1OC. The van der Waals surface area contributed by atoms with Crippen LogP contribution in [0.2, 0.25) is 0 Å². The summed E-state index contributed by atoms with van der Waals surface area (Å²) in [5.41, 5.74) is 0.995. The second-order valence-electron chi connectivity index (χ2n) is 8.11. The van der Waals surface area contributed by atoms with Crippen LogP contribution in [0.4, 0.5) is 8.78 Å². The average Bonchev–Trinajstić information content (AvgIpc) is 2.91. The third-order valence-electron chi connectivity index (χ3n) is 5.87. The van der Waals surface area contributed by atoms with Crippen molar-refractivity contribution in [2.45, 2.75) is 6.54 Å². The lowest BCUT2D eigenvalue weighted by Crippen LogP contribution is -2.22. The Kier molecular flexibility index (Phi) is 6.51. The van der Waals surface area contributed by atoms with Gasteiger partial charge in [-0.2, -0.15) is 0 Å². The van der Waals surface area contributed by atoms with Crippen molar-refractivity contribution in [3.8, 4) is 34.1 Å². The van der Waals surface area contributed by atoms with Crippen LogP contribution in [0, 0.1) is 11.6 Å². The van der Waals surface area contributed by atoms with Crippen LogP contribution in [-0.2, 0) is 6.54 Å². The third kappa shape index (κ3) is 4.71. The van der Waals surface area contributed by atoms with Crippen LogP contribution in [0.15, 0.2) is 84.2 Å². The van der Waals surface area contributed by atoms with Gasteiger partial charge >= 0.3 is 0 Å². The molecule has 0 aliphatic carbocycles. The third-order valence-corrected chi connectivity index (χ3v) is 5.87. The number of halogens is 2. The summed E-state index contributed by atoms with van der Waals surface area (Å²) >= 11 is 0. The van der Waals surface area contributed by atoms with Gasteiger partial charge in [-0.3, -0.25) is 14.3 Å². The Morgan fingerprint density at radius 1 is 0.865 bits per heavy atom. The van der Waals surface area contributed by atoms with Gasteiger partial charge in [-0.05, 0) is 35.9 Å². The molecule has 0 saturated heterocycles. The lowest BCUT2D eigenvalue weighted by atomic mass is 10.1. The zero-order valence-electron chi connectivity index (χ0n) is 19.9. The van der Waals surface area contributed by atoms with Gasteiger partial charge in [0.25, 0.3) is 5.56 Å². The number of aromatic nitrogens is 3. The predicted molar refractivity (Wildman–Crippen MR) is 134 cm³/mol. The fourth-order valence-electron chi connectivity index (χ4n) is 3.98. The second kappa shape index (κ2) is 10.1. The molecule has 0 N–H and O–H groups in total. The summed E-state index contributed by atoms with van der Waals surface area (Å²) in [6, 6.07) is 15.4. The molecule has 5 aromatic rings. The molecule has 5 rings (SSSR count). The van der Waals surface area contributed by atoms with Gasteiger partial charge in [0.1, 0.15) is 11.6 Å².